The molecule has 1 heterocycles. The van der Waals surface area contributed by atoms with E-state index in [0.717, 1.165) is 25.9 Å². The first-order chi connectivity index (χ1) is 6.70. The first-order valence-corrected chi connectivity index (χ1v) is 4.70. The van der Waals surface area contributed by atoms with Gasteiger partial charge in [-0.1, -0.05) is 6.58 Å². The first-order valence-electron chi connectivity index (χ1n) is 4.70. The van der Waals surface area contributed by atoms with E-state index < -0.39 is 5.83 Å². The molecule has 1 aliphatic rings. The van der Waals surface area contributed by atoms with Crippen molar-refractivity contribution in [3.63, 3.8) is 0 Å². The van der Waals surface area contributed by atoms with Gasteiger partial charge in [0.25, 0.3) is 0 Å². The fourth-order valence-corrected chi connectivity index (χ4v) is 1.64. The summed E-state index contributed by atoms with van der Waals surface area (Å²) in [5, 5.41) is 0. The lowest BCUT2D eigenvalue weighted by Crippen LogP contribution is -2.21. The number of nitrogens with zero attached hydrogens (tertiary/aromatic N) is 2. The van der Waals surface area contributed by atoms with Gasteiger partial charge in [-0.15, -0.1) is 0 Å². The Morgan fingerprint density at radius 3 is 2.36 bits per heavy atom. The Morgan fingerprint density at radius 1 is 1.43 bits per heavy atom. The van der Waals surface area contributed by atoms with Crippen molar-refractivity contribution in [2.24, 2.45) is 10.7 Å². The molecule has 1 fully saturated rings. The third-order valence-electron chi connectivity index (χ3n) is 2.36. The number of rotatable bonds is 4. The van der Waals surface area contributed by atoms with Gasteiger partial charge in [0.15, 0.2) is 0 Å². The topological polar surface area (TPSA) is 41.6 Å². The number of halogens is 1. The summed E-state index contributed by atoms with van der Waals surface area (Å²) in [7, 11) is 0. The molecule has 0 bridgehead atoms. The fraction of sp³-hybridized carbons (Fsp3) is 0.500. The highest BCUT2D eigenvalue weighted by Gasteiger charge is 2.18. The predicted molar refractivity (Wildman–Crippen MR) is 56.7 cm³/mol. The lowest BCUT2D eigenvalue weighted by molar-refractivity contribution is 0.415. The van der Waals surface area contributed by atoms with Gasteiger partial charge < -0.3 is 10.6 Å². The van der Waals surface area contributed by atoms with Gasteiger partial charge in [0.2, 0.25) is 0 Å². The third-order valence-corrected chi connectivity index (χ3v) is 2.36. The molecule has 1 saturated heterocycles. The van der Waals surface area contributed by atoms with E-state index in [1.165, 1.54) is 0 Å². The summed E-state index contributed by atoms with van der Waals surface area (Å²) in [4.78, 5) is 5.84. The predicted octanol–water partition coefficient (Wildman–Crippen LogP) is 1.44. The van der Waals surface area contributed by atoms with Gasteiger partial charge in [-0.05, 0) is 19.6 Å². The van der Waals surface area contributed by atoms with Crippen molar-refractivity contribution in [2.75, 3.05) is 19.6 Å². The molecule has 0 aliphatic carbocycles. The van der Waals surface area contributed by atoms with E-state index in [2.05, 4.69) is 18.3 Å². The standard InChI is InChI=1S/C10H16FN3/c1-8(11)9(7-12)10(13-2)14-5-3-4-6-14/h1-7,12H2/b10-9+. The summed E-state index contributed by atoms with van der Waals surface area (Å²) >= 11 is 0. The molecule has 78 valence electrons. The summed E-state index contributed by atoms with van der Waals surface area (Å²) in [6.45, 7) is 8.59. The summed E-state index contributed by atoms with van der Waals surface area (Å²) < 4.78 is 13.0. The monoisotopic (exact) mass is 197 g/mol. The van der Waals surface area contributed by atoms with Crippen LogP contribution >= 0.6 is 0 Å². The lowest BCUT2D eigenvalue weighted by Gasteiger charge is -2.20. The fourth-order valence-electron chi connectivity index (χ4n) is 1.64. The third kappa shape index (κ3) is 2.20. The zero-order valence-electron chi connectivity index (χ0n) is 8.30. The van der Waals surface area contributed by atoms with E-state index in [0.29, 0.717) is 11.4 Å². The normalized spacial score (nSPS) is 18.0. The van der Waals surface area contributed by atoms with Crippen LogP contribution in [0.15, 0.2) is 28.8 Å². The average molecular weight is 197 g/mol. The molecule has 1 rings (SSSR count). The Balaban J connectivity index is 2.95. The van der Waals surface area contributed by atoms with Crippen LogP contribution in [-0.4, -0.2) is 31.3 Å². The van der Waals surface area contributed by atoms with Gasteiger partial charge >= 0.3 is 0 Å². The minimum Gasteiger partial charge on any atom is -0.356 e. The summed E-state index contributed by atoms with van der Waals surface area (Å²) in [6, 6.07) is 0. The van der Waals surface area contributed by atoms with Crippen molar-refractivity contribution in [1.82, 2.24) is 4.90 Å². The van der Waals surface area contributed by atoms with Crippen LogP contribution in [0.4, 0.5) is 4.39 Å². The first kappa shape index (κ1) is 10.9. The van der Waals surface area contributed by atoms with Crippen molar-refractivity contribution >= 4 is 6.72 Å². The second kappa shape index (κ2) is 4.91. The minimum absolute atomic E-state index is 0.111. The molecule has 0 unspecified atom stereocenters. The summed E-state index contributed by atoms with van der Waals surface area (Å²) in [6.07, 6.45) is 2.21. The van der Waals surface area contributed by atoms with E-state index in [1.54, 1.807) is 0 Å². The molecule has 0 amide bonds. The highest BCUT2D eigenvalue weighted by Crippen LogP contribution is 2.22. The zero-order chi connectivity index (χ0) is 10.6. The summed E-state index contributed by atoms with van der Waals surface area (Å²) in [5.41, 5.74) is 5.81. The number of hydrogen-bond acceptors (Lipinski definition) is 3. The molecule has 0 aromatic rings. The molecule has 0 aromatic heterocycles. The van der Waals surface area contributed by atoms with Crippen molar-refractivity contribution in [3.8, 4) is 0 Å². The van der Waals surface area contributed by atoms with Gasteiger partial charge in [-0.3, -0.25) is 0 Å². The molecule has 1 aliphatic heterocycles. The van der Waals surface area contributed by atoms with Crippen molar-refractivity contribution in [2.45, 2.75) is 12.8 Å². The Morgan fingerprint density at radius 2 is 2.00 bits per heavy atom. The number of nitrogens with two attached hydrogens (primary N) is 1. The Kier molecular flexibility index (Phi) is 3.83. The Hall–Kier alpha value is -1.16. The quantitative estimate of drug-likeness (QED) is 0.547. The van der Waals surface area contributed by atoms with E-state index in [4.69, 9.17) is 5.73 Å². The molecule has 0 saturated carbocycles. The van der Waals surface area contributed by atoms with Crippen molar-refractivity contribution in [1.29, 1.82) is 0 Å². The number of likely N-dealkylation sites (tertiary alicyclic amines) is 1. The van der Waals surface area contributed by atoms with Crippen LogP contribution in [0.5, 0.6) is 0 Å². The molecule has 14 heavy (non-hydrogen) atoms. The maximum absolute atomic E-state index is 13.0. The number of hydrogen-bond donors (Lipinski definition) is 1. The van der Waals surface area contributed by atoms with E-state index in [9.17, 15) is 4.39 Å². The molecule has 0 radical (unpaired) electrons. The lowest BCUT2D eigenvalue weighted by atomic mass is 10.2. The van der Waals surface area contributed by atoms with E-state index >= 15 is 0 Å². The Labute approximate surface area is 83.8 Å². The van der Waals surface area contributed by atoms with Crippen LogP contribution in [0, 0.1) is 0 Å². The van der Waals surface area contributed by atoms with Crippen molar-refractivity contribution < 1.29 is 4.39 Å². The average Bonchev–Trinajstić information content (AvgIpc) is 2.65. The molecular formula is C10H16FN3. The van der Waals surface area contributed by atoms with E-state index in [-0.39, 0.29) is 6.54 Å². The summed E-state index contributed by atoms with van der Waals surface area (Å²) in [5.74, 6) is 0.0410. The molecule has 0 spiro atoms. The van der Waals surface area contributed by atoms with Crippen LogP contribution in [0.3, 0.4) is 0 Å². The van der Waals surface area contributed by atoms with Crippen LogP contribution in [-0.2, 0) is 0 Å². The molecule has 0 atom stereocenters. The SMILES string of the molecule is C=N/C(=C(/CN)C(=C)F)N1CCCC1. The maximum Gasteiger partial charge on any atom is 0.135 e. The maximum atomic E-state index is 13.0. The second-order valence-electron chi connectivity index (χ2n) is 3.26. The molecule has 0 aromatic carbocycles. The van der Waals surface area contributed by atoms with Crippen LogP contribution in [0.25, 0.3) is 0 Å². The molecule has 3 nitrogen and oxygen atoms in total. The second-order valence-corrected chi connectivity index (χ2v) is 3.26. The van der Waals surface area contributed by atoms with Gasteiger partial charge in [-0.25, -0.2) is 9.38 Å². The van der Waals surface area contributed by atoms with E-state index in [1.807, 2.05) is 4.90 Å². The Bertz CT molecular complexity index is 265. The largest absolute Gasteiger partial charge is 0.356 e. The van der Waals surface area contributed by atoms with Crippen LogP contribution < -0.4 is 5.73 Å². The van der Waals surface area contributed by atoms with Gasteiger partial charge in [0.1, 0.15) is 11.6 Å². The number of aliphatic imine (C=N–C) groups is 1. The highest BCUT2D eigenvalue weighted by molar-refractivity contribution is 5.36. The molecule has 4 heteroatoms. The van der Waals surface area contributed by atoms with Gasteiger partial charge in [0.05, 0.1) is 0 Å². The highest BCUT2D eigenvalue weighted by atomic mass is 19.1. The smallest absolute Gasteiger partial charge is 0.135 e. The van der Waals surface area contributed by atoms with Gasteiger partial charge in [0, 0.05) is 25.2 Å². The van der Waals surface area contributed by atoms with Crippen molar-refractivity contribution in [3.05, 3.63) is 23.8 Å². The minimum atomic E-state index is -0.512. The zero-order valence-corrected chi connectivity index (χ0v) is 8.30. The van der Waals surface area contributed by atoms with Crippen LogP contribution in [0.2, 0.25) is 0 Å². The van der Waals surface area contributed by atoms with Crippen LogP contribution in [0.1, 0.15) is 12.8 Å². The molecule has 2 N–H and O–H groups in total. The van der Waals surface area contributed by atoms with Gasteiger partial charge in [-0.2, -0.15) is 0 Å². The molecular weight excluding hydrogens is 181 g/mol.